The van der Waals surface area contributed by atoms with Gasteiger partial charge in [0.1, 0.15) is 0 Å². The van der Waals surface area contributed by atoms with Crippen LogP contribution in [0.5, 0.6) is 0 Å². The van der Waals surface area contributed by atoms with Crippen LogP contribution in [-0.4, -0.2) is 40.0 Å². The first-order valence-corrected chi connectivity index (χ1v) is 6.70. The molecule has 0 aliphatic carbocycles. The normalized spacial score (nSPS) is 12.6. The lowest BCUT2D eigenvalue weighted by Gasteiger charge is -2.15. The van der Waals surface area contributed by atoms with Gasteiger partial charge in [0, 0.05) is 19.8 Å². The second-order valence-corrected chi connectivity index (χ2v) is 4.31. The molecule has 0 aromatic heterocycles. The van der Waals surface area contributed by atoms with Gasteiger partial charge in [-0.25, -0.2) is 0 Å². The molecule has 3 heteroatoms. The molecule has 0 saturated heterocycles. The van der Waals surface area contributed by atoms with E-state index in [1.54, 1.807) is 7.11 Å². The Labute approximate surface area is 107 Å². The lowest BCUT2D eigenvalue weighted by molar-refractivity contribution is 0.0656. The minimum absolute atomic E-state index is 0.585. The van der Waals surface area contributed by atoms with Gasteiger partial charge in [-0.3, -0.25) is 0 Å². The number of allylic oxidation sites excluding steroid dienone is 1. The van der Waals surface area contributed by atoms with Gasteiger partial charge in [0.25, 0.3) is 0 Å². The summed E-state index contributed by atoms with van der Waals surface area (Å²) in [4.78, 5) is 0. The predicted octanol–water partition coefficient (Wildman–Crippen LogP) is 2.76. The summed E-state index contributed by atoms with van der Waals surface area (Å²) in [7, 11) is 3.73. The molecule has 1 atom stereocenters. The van der Waals surface area contributed by atoms with E-state index in [0.29, 0.717) is 19.3 Å². The smallest absolute Gasteiger partial charge is 0.0700 e. The van der Waals surface area contributed by atoms with Crippen molar-refractivity contribution in [2.75, 3.05) is 34.0 Å². The first-order valence-electron chi connectivity index (χ1n) is 6.70. The summed E-state index contributed by atoms with van der Waals surface area (Å²) in [6, 6.07) is 0.585. The van der Waals surface area contributed by atoms with Crippen LogP contribution >= 0.6 is 0 Å². The highest BCUT2D eigenvalue weighted by Gasteiger charge is 2.05. The Morgan fingerprint density at radius 1 is 1.12 bits per heavy atom. The number of hydrogen-bond acceptors (Lipinski definition) is 3. The lowest BCUT2D eigenvalue weighted by atomic mass is 10.1. The number of rotatable bonds is 13. The average molecular weight is 243 g/mol. The van der Waals surface area contributed by atoms with Crippen molar-refractivity contribution in [1.29, 1.82) is 0 Å². The van der Waals surface area contributed by atoms with Crippen LogP contribution < -0.4 is 5.32 Å². The Morgan fingerprint density at radius 2 is 1.94 bits per heavy atom. The van der Waals surface area contributed by atoms with Gasteiger partial charge < -0.3 is 14.8 Å². The van der Waals surface area contributed by atoms with Gasteiger partial charge in [-0.15, -0.1) is 6.58 Å². The third-order valence-corrected chi connectivity index (χ3v) is 2.91. The summed E-state index contributed by atoms with van der Waals surface area (Å²) in [6.07, 6.45) is 9.32. The molecule has 0 spiro atoms. The topological polar surface area (TPSA) is 30.5 Å². The van der Waals surface area contributed by atoms with Crippen LogP contribution in [0.4, 0.5) is 0 Å². The molecule has 1 unspecified atom stereocenters. The highest BCUT2D eigenvalue weighted by molar-refractivity contribution is 4.67. The average Bonchev–Trinajstić information content (AvgIpc) is 2.36. The second kappa shape index (κ2) is 13.7. The fraction of sp³-hybridized carbons (Fsp3) is 0.857. The summed E-state index contributed by atoms with van der Waals surface area (Å²) in [6.45, 7) is 5.94. The van der Waals surface area contributed by atoms with Crippen molar-refractivity contribution in [3.63, 3.8) is 0 Å². The van der Waals surface area contributed by atoms with Crippen molar-refractivity contribution >= 4 is 0 Å². The van der Waals surface area contributed by atoms with Crippen LogP contribution in [0.1, 0.15) is 38.5 Å². The van der Waals surface area contributed by atoms with Gasteiger partial charge in [0.15, 0.2) is 0 Å². The zero-order valence-corrected chi connectivity index (χ0v) is 11.5. The maximum atomic E-state index is 5.47. The molecule has 0 saturated carbocycles. The third kappa shape index (κ3) is 11.9. The third-order valence-electron chi connectivity index (χ3n) is 2.91. The fourth-order valence-corrected chi connectivity index (χ4v) is 1.76. The number of nitrogens with one attached hydrogen (secondary N) is 1. The first kappa shape index (κ1) is 16.6. The fourth-order valence-electron chi connectivity index (χ4n) is 1.76. The van der Waals surface area contributed by atoms with E-state index < -0.39 is 0 Å². The molecule has 0 amide bonds. The minimum Gasteiger partial charge on any atom is -0.382 e. The standard InChI is InChI=1S/C14H29NO2/c1-4-5-6-7-8-9-14(15-2)10-11-17-13-12-16-3/h4,14-15H,1,5-13H2,2-3H3. The molecule has 0 heterocycles. The largest absolute Gasteiger partial charge is 0.382 e. The Morgan fingerprint density at radius 3 is 2.59 bits per heavy atom. The van der Waals surface area contributed by atoms with Crippen LogP contribution in [-0.2, 0) is 9.47 Å². The molecule has 102 valence electrons. The van der Waals surface area contributed by atoms with E-state index in [4.69, 9.17) is 9.47 Å². The lowest BCUT2D eigenvalue weighted by Crippen LogP contribution is -2.26. The van der Waals surface area contributed by atoms with Crippen molar-refractivity contribution in [3.8, 4) is 0 Å². The van der Waals surface area contributed by atoms with Gasteiger partial charge >= 0.3 is 0 Å². The number of hydrogen-bond donors (Lipinski definition) is 1. The maximum Gasteiger partial charge on any atom is 0.0700 e. The molecule has 0 rings (SSSR count). The summed E-state index contributed by atoms with van der Waals surface area (Å²) < 4.78 is 10.4. The minimum atomic E-state index is 0.585. The molecule has 1 N–H and O–H groups in total. The monoisotopic (exact) mass is 243 g/mol. The van der Waals surface area contributed by atoms with Crippen molar-refractivity contribution in [1.82, 2.24) is 5.32 Å². The highest BCUT2D eigenvalue weighted by Crippen LogP contribution is 2.08. The van der Waals surface area contributed by atoms with E-state index in [1.807, 2.05) is 13.1 Å². The van der Waals surface area contributed by atoms with Crippen molar-refractivity contribution in [2.45, 2.75) is 44.6 Å². The molecule has 0 aliphatic rings. The summed E-state index contributed by atoms with van der Waals surface area (Å²) in [5.74, 6) is 0. The predicted molar refractivity (Wildman–Crippen MR) is 73.4 cm³/mol. The van der Waals surface area contributed by atoms with Crippen molar-refractivity contribution < 1.29 is 9.47 Å². The number of unbranched alkanes of at least 4 members (excludes halogenated alkanes) is 3. The molecule has 0 bridgehead atoms. The number of ether oxygens (including phenoxy) is 2. The zero-order valence-electron chi connectivity index (χ0n) is 11.5. The van der Waals surface area contributed by atoms with Crippen LogP contribution in [0.25, 0.3) is 0 Å². The van der Waals surface area contributed by atoms with Gasteiger partial charge in [-0.2, -0.15) is 0 Å². The summed E-state index contributed by atoms with van der Waals surface area (Å²) >= 11 is 0. The molecule has 0 aromatic carbocycles. The Bertz CT molecular complexity index is 162. The molecule has 0 aromatic rings. The van der Waals surface area contributed by atoms with Crippen molar-refractivity contribution in [2.24, 2.45) is 0 Å². The number of methoxy groups -OCH3 is 1. The first-order chi connectivity index (χ1) is 8.35. The summed E-state index contributed by atoms with van der Waals surface area (Å²) in [5, 5.41) is 3.35. The van der Waals surface area contributed by atoms with E-state index in [0.717, 1.165) is 19.4 Å². The van der Waals surface area contributed by atoms with Gasteiger partial charge in [-0.05, 0) is 32.7 Å². The molecule has 0 aliphatic heterocycles. The quantitative estimate of drug-likeness (QED) is 0.398. The maximum absolute atomic E-state index is 5.47. The zero-order chi connectivity index (χ0) is 12.8. The summed E-state index contributed by atoms with van der Waals surface area (Å²) in [5.41, 5.74) is 0. The van der Waals surface area contributed by atoms with Gasteiger partial charge in [0.05, 0.1) is 13.2 Å². The molecular weight excluding hydrogens is 214 g/mol. The van der Waals surface area contributed by atoms with E-state index in [9.17, 15) is 0 Å². The van der Waals surface area contributed by atoms with Crippen LogP contribution in [0.15, 0.2) is 12.7 Å². The van der Waals surface area contributed by atoms with Crippen LogP contribution in [0, 0.1) is 0 Å². The molecule has 0 radical (unpaired) electrons. The van der Waals surface area contributed by atoms with E-state index >= 15 is 0 Å². The second-order valence-electron chi connectivity index (χ2n) is 4.31. The van der Waals surface area contributed by atoms with Crippen LogP contribution in [0.3, 0.4) is 0 Å². The molecule has 3 nitrogen and oxygen atoms in total. The molecule has 0 fully saturated rings. The van der Waals surface area contributed by atoms with E-state index in [1.165, 1.54) is 25.7 Å². The van der Waals surface area contributed by atoms with E-state index in [-0.39, 0.29) is 0 Å². The molecule has 17 heavy (non-hydrogen) atoms. The SMILES string of the molecule is C=CCCCCCC(CCOCCOC)NC. The molecular formula is C14H29NO2. The highest BCUT2D eigenvalue weighted by atomic mass is 16.5. The van der Waals surface area contributed by atoms with Gasteiger partial charge in [0.2, 0.25) is 0 Å². The van der Waals surface area contributed by atoms with Crippen molar-refractivity contribution in [3.05, 3.63) is 12.7 Å². The Hall–Kier alpha value is -0.380. The van der Waals surface area contributed by atoms with E-state index in [2.05, 4.69) is 11.9 Å². The Kier molecular flexibility index (Phi) is 13.4. The van der Waals surface area contributed by atoms with Crippen LogP contribution in [0.2, 0.25) is 0 Å². The van der Waals surface area contributed by atoms with Gasteiger partial charge in [-0.1, -0.05) is 18.9 Å². The Balaban J connectivity index is 3.32.